The number of benzene rings is 2. The normalized spacial score (nSPS) is 12.5. The van der Waals surface area contributed by atoms with Crippen LogP contribution >= 0.6 is 0 Å². The highest BCUT2D eigenvalue weighted by molar-refractivity contribution is 5.27. The molecule has 0 fully saturated rings. The smallest absolute Gasteiger partial charge is 0.194 e. The molecule has 6 heteroatoms. The van der Waals surface area contributed by atoms with Gasteiger partial charge in [0, 0.05) is 11.6 Å². The van der Waals surface area contributed by atoms with Gasteiger partial charge in [0.25, 0.3) is 0 Å². The molecule has 0 aliphatic carbocycles. The fraction of sp³-hybridized carbons (Fsp3) is 0.200. The van der Waals surface area contributed by atoms with E-state index in [0.29, 0.717) is 0 Å². The standard InChI is InChI=1S/C15H12F5N/c1-21-14(7-9-10(16)3-2-4-11(9)17)8-5-12(18)15(20)13(19)6-8/h2-6,14,21H,7H2,1H3. The minimum atomic E-state index is -1.58. The Hall–Kier alpha value is -1.95. The van der Waals surface area contributed by atoms with Crippen molar-refractivity contribution < 1.29 is 22.0 Å². The average molecular weight is 301 g/mol. The first-order valence-corrected chi connectivity index (χ1v) is 6.18. The lowest BCUT2D eigenvalue weighted by Gasteiger charge is -2.18. The van der Waals surface area contributed by atoms with E-state index >= 15 is 0 Å². The van der Waals surface area contributed by atoms with E-state index < -0.39 is 35.1 Å². The van der Waals surface area contributed by atoms with Crippen LogP contribution in [0, 0.1) is 29.1 Å². The molecule has 0 amide bonds. The van der Waals surface area contributed by atoms with E-state index in [0.717, 1.165) is 24.3 Å². The second kappa shape index (κ2) is 6.22. The van der Waals surface area contributed by atoms with Crippen LogP contribution in [0.2, 0.25) is 0 Å². The lowest BCUT2D eigenvalue weighted by atomic mass is 9.98. The van der Waals surface area contributed by atoms with Crippen molar-refractivity contribution >= 4 is 0 Å². The zero-order valence-corrected chi connectivity index (χ0v) is 11.1. The van der Waals surface area contributed by atoms with Crippen molar-refractivity contribution in [2.24, 2.45) is 0 Å². The van der Waals surface area contributed by atoms with Crippen molar-refractivity contribution in [2.45, 2.75) is 12.5 Å². The fourth-order valence-electron chi connectivity index (χ4n) is 2.09. The first-order chi connectivity index (χ1) is 9.93. The lowest BCUT2D eigenvalue weighted by molar-refractivity contribution is 0.439. The molecule has 1 nitrogen and oxygen atoms in total. The van der Waals surface area contributed by atoms with Crippen molar-refractivity contribution in [2.75, 3.05) is 7.05 Å². The van der Waals surface area contributed by atoms with Crippen molar-refractivity contribution in [1.82, 2.24) is 5.32 Å². The zero-order valence-electron chi connectivity index (χ0n) is 11.1. The lowest BCUT2D eigenvalue weighted by Crippen LogP contribution is -2.20. The van der Waals surface area contributed by atoms with Gasteiger partial charge in [0.1, 0.15) is 11.6 Å². The molecule has 0 aliphatic rings. The molecule has 1 unspecified atom stereocenters. The van der Waals surface area contributed by atoms with Gasteiger partial charge in [-0.25, -0.2) is 22.0 Å². The molecule has 0 saturated heterocycles. The maximum Gasteiger partial charge on any atom is 0.194 e. The summed E-state index contributed by atoms with van der Waals surface area (Å²) in [5.41, 5.74) is -0.140. The first kappa shape index (κ1) is 15.4. The SMILES string of the molecule is CNC(Cc1c(F)cccc1F)c1cc(F)c(F)c(F)c1. The van der Waals surface area contributed by atoms with Gasteiger partial charge < -0.3 is 5.32 Å². The molecule has 112 valence electrons. The molecule has 1 N–H and O–H groups in total. The summed E-state index contributed by atoms with van der Waals surface area (Å²) in [4.78, 5) is 0. The third kappa shape index (κ3) is 3.21. The summed E-state index contributed by atoms with van der Waals surface area (Å²) < 4.78 is 66.6. The summed E-state index contributed by atoms with van der Waals surface area (Å²) in [6, 6.07) is 4.26. The van der Waals surface area contributed by atoms with Crippen molar-refractivity contribution in [3.8, 4) is 0 Å². The fourth-order valence-corrected chi connectivity index (χ4v) is 2.09. The van der Waals surface area contributed by atoms with Gasteiger partial charge in [0.15, 0.2) is 17.5 Å². The molecular formula is C15H12F5N. The summed E-state index contributed by atoms with van der Waals surface area (Å²) in [6.07, 6.45) is -0.167. The quantitative estimate of drug-likeness (QED) is 0.667. The Bertz CT molecular complexity index is 613. The van der Waals surface area contributed by atoms with Crippen LogP contribution in [0.5, 0.6) is 0 Å². The minimum Gasteiger partial charge on any atom is -0.313 e. The van der Waals surface area contributed by atoms with Crippen LogP contribution < -0.4 is 5.32 Å². The van der Waals surface area contributed by atoms with Gasteiger partial charge in [-0.1, -0.05) is 6.07 Å². The Morgan fingerprint density at radius 2 is 1.43 bits per heavy atom. The van der Waals surface area contributed by atoms with Gasteiger partial charge in [0.05, 0.1) is 0 Å². The second-order valence-electron chi connectivity index (χ2n) is 4.54. The van der Waals surface area contributed by atoms with E-state index in [1.807, 2.05) is 0 Å². The van der Waals surface area contributed by atoms with Crippen molar-refractivity contribution in [3.63, 3.8) is 0 Å². The second-order valence-corrected chi connectivity index (χ2v) is 4.54. The molecule has 21 heavy (non-hydrogen) atoms. The van der Waals surface area contributed by atoms with Gasteiger partial charge in [-0.05, 0) is 43.3 Å². The highest BCUT2D eigenvalue weighted by atomic mass is 19.2. The number of halogens is 5. The third-order valence-electron chi connectivity index (χ3n) is 3.23. The number of likely N-dealkylation sites (N-methyl/N-ethyl adjacent to an activating group) is 1. The molecule has 0 saturated carbocycles. The van der Waals surface area contributed by atoms with Crippen LogP contribution in [-0.2, 0) is 6.42 Å². The van der Waals surface area contributed by atoms with Gasteiger partial charge in [-0.3, -0.25) is 0 Å². The Morgan fingerprint density at radius 1 is 0.905 bits per heavy atom. The predicted molar refractivity (Wildman–Crippen MR) is 68.2 cm³/mol. The molecule has 0 radical (unpaired) electrons. The van der Waals surface area contributed by atoms with Crippen LogP contribution in [0.15, 0.2) is 30.3 Å². The van der Waals surface area contributed by atoms with Crippen LogP contribution in [0.1, 0.15) is 17.2 Å². The van der Waals surface area contributed by atoms with Crippen molar-refractivity contribution in [3.05, 3.63) is 70.5 Å². The van der Waals surface area contributed by atoms with E-state index in [1.165, 1.54) is 13.1 Å². The van der Waals surface area contributed by atoms with E-state index in [2.05, 4.69) is 5.32 Å². The molecule has 2 aromatic rings. The van der Waals surface area contributed by atoms with Gasteiger partial charge in [-0.2, -0.15) is 0 Å². The number of nitrogens with one attached hydrogen (secondary N) is 1. The number of rotatable bonds is 4. The third-order valence-corrected chi connectivity index (χ3v) is 3.23. The van der Waals surface area contributed by atoms with Crippen LogP contribution in [0.4, 0.5) is 22.0 Å². The summed E-state index contributed by atoms with van der Waals surface area (Å²) in [5, 5.41) is 2.71. The Morgan fingerprint density at radius 3 is 1.90 bits per heavy atom. The monoisotopic (exact) mass is 301 g/mol. The van der Waals surface area contributed by atoms with Crippen LogP contribution in [-0.4, -0.2) is 7.05 Å². The highest BCUT2D eigenvalue weighted by Crippen LogP contribution is 2.24. The molecule has 0 aromatic heterocycles. The molecule has 0 heterocycles. The summed E-state index contributed by atoms with van der Waals surface area (Å²) >= 11 is 0. The summed E-state index contributed by atoms with van der Waals surface area (Å²) in [6.45, 7) is 0. The summed E-state index contributed by atoms with van der Waals surface area (Å²) in [7, 11) is 1.47. The van der Waals surface area contributed by atoms with E-state index in [1.54, 1.807) is 0 Å². The van der Waals surface area contributed by atoms with Gasteiger partial charge in [-0.15, -0.1) is 0 Å². The highest BCUT2D eigenvalue weighted by Gasteiger charge is 2.19. The number of hydrogen-bond acceptors (Lipinski definition) is 1. The van der Waals surface area contributed by atoms with E-state index in [-0.39, 0.29) is 17.5 Å². The molecule has 1 atom stereocenters. The zero-order chi connectivity index (χ0) is 15.6. The Labute approximate surface area is 118 Å². The Balaban J connectivity index is 2.37. The minimum absolute atomic E-state index is 0.0663. The Kier molecular flexibility index (Phi) is 4.57. The molecule has 0 spiro atoms. The van der Waals surface area contributed by atoms with Crippen LogP contribution in [0.25, 0.3) is 0 Å². The molecule has 0 aliphatic heterocycles. The maximum atomic E-state index is 13.6. The van der Waals surface area contributed by atoms with Gasteiger partial charge in [0.2, 0.25) is 0 Å². The van der Waals surface area contributed by atoms with E-state index in [4.69, 9.17) is 0 Å². The topological polar surface area (TPSA) is 12.0 Å². The maximum absolute atomic E-state index is 13.6. The molecule has 2 aromatic carbocycles. The van der Waals surface area contributed by atoms with Crippen molar-refractivity contribution in [1.29, 1.82) is 0 Å². The largest absolute Gasteiger partial charge is 0.313 e. The molecule has 2 rings (SSSR count). The predicted octanol–water partition coefficient (Wildman–Crippen LogP) is 3.89. The molecule has 0 bridgehead atoms. The number of hydrogen-bond donors (Lipinski definition) is 1. The average Bonchev–Trinajstić information content (AvgIpc) is 2.44. The molecular weight excluding hydrogens is 289 g/mol. The first-order valence-electron chi connectivity index (χ1n) is 6.18. The van der Waals surface area contributed by atoms with Crippen LogP contribution in [0.3, 0.4) is 0 Å². The summed E-state index contributed by atoms with van der Waals surface area (Å²) in [5.74, 6) is -5.78. The van der Waals surface area contributed by atoms with E-state index in [9.17, 15) is 22.0 Å². The van der Waals surface area contributed by atoms with Gasteiger partial charge >= 0.3 is 0 Å².